The van der Waals surface area contributed by atoms with E-state index in [1.54, 1.807) is 0 Å². The molecule has 2 nitrogen and oxygen atoms in total. The summed E-state index contributed by atoms with van der Waals surface area (Å²) in [5.41, 5.74) is 4.06. The van der Waals surface area contributed by atoms with Crippen LogP contribution >= 0.6 is 0 Å². The lowest BCUT2D eigenvalue weighted by Gasteiger charge is -2.14. The van der Waals surface area contributed by atoms with Crippen LogP contribution in [0.3, 0.4) is 0 Å². The van der Waals surface area contributed by atoms with Crippen molar-refractivity contribution in [3.63, 3.8) is 0 Å². The fourth-order valence-corrected chi connectivity index (χ4v) is 2.40. The monoisotopic (exact) mass is 213 g/mol. The maximum absolute atomic E-state index is 8.71. The molecule has 0 aromatic heterocycles. The zero-order chi connectivity index (χ0) is 11.8. The topological polar surface area (TPSA) is 26.8 Å². The third-order valence-electron chi connectivity index (χ3n) is 3.62. The van der Waals surface area contributed by atoms with Crippen LogP contribution in [0.2, 0.25) is 0 Å². The van der Waals surface area contributed by atoms with Crippen molar-refractivity contribution in [1.29, 1.82) is 5.26 Å². The largest absolute Gasteiger partial charge is 0.209 e. The van der Waals surface area contributed by atoms with Crippen molar-refractivity contribution < 1.29 is 4.58 Å². The van der Waals surface area contributed by atoms with Crippen LogP contribution in [0.1, 0.15) is 32.8 Å². The molecule has 1 aromatic rings. The van der Waals surface area contributed by atoms with Crippen LogP contribution in [-0.4, -0.2) is 16.8 Å². The minimum absolute atomic E-state index is 0.0893. The van der Waals surface area contributed by atoms with Gasteiger partial charge in [0.05, 0.1) is 17.9 Å². The molecule has 0 saturated carbocycles. The van der Waals surface area contributed by atoms with Gasteiger partial charge in [0.25, 0.3) is 0 Å². The van der Waals surface area contributed by atoms with Crippen molar-refractivity contribution in [1.82, 2.24) is 0 Å². The molecule has 1 aliphatic rings. The summed E-state index contributed by atoms with van der Waals surface area (Å²) in [6, 6.07) is 10.7. The van der Waals surface area contributed by atoms with Gasteiger partial charge in [0.1, 0.15) is 0 Å². The smallest absolute Gasteiger partial charge is 0.198 e. The van der Waals surface area contributed by atoms with Gasteiger partial charge < -0.3 is 0 Å². The number of para-hydroxylation sites is 1. The Morgan fingerprint density at radius 3 is 2.69 bits per heavy atom. The van der Waals surface area contributed by atoms with Crippen molar-refractivity contribution in [2.24, 2.45) is 0 Å². The molecule has 0 atom stereocenters. The van der Waals surface area contributed by atoms with E-state index in [1.165, 1.54) is 17.0 Å². The Kier molecular flexibility index (Phi) is 2.55. The Labute approximate surface area is 96.8 Å². The van der Waals surface area contributed by atoms with Gasteiger partial charge in [0.2, 0.25) is 5.69 Å². The Morgan fingerprint density at radius 1 is 1.31 bits per heavy atom. The quantitative estimate of drug-likeness (QED) is 0.694. The molecule has 0 radical (unpaired) electrons. The molecule has 82 valence electrons. The molecule has 0 N–H and O–H groups in total. The van der Waals surface area contributed by atoms with Gasteiger partial charge in [-0.05, 0) is 13.8 Å². The van der Waals surface area contributed by atoms with Crippen LogP contribution in [0.4, 0.5) is 5.69 Å². The molecule has 16 heavy (non-hydrogen) atoms. The van der Waals surface area contributed by atoms with E-state index in [0.717, 1.165) is 6.54 Å². The van der Waals surface area contributed by atoms with E-state index >= 15 is 0 Å². The number of nitrogens with zero attached hydrogens (tertiary/aromatic N) is 2. The Morgan fingerprint density at radius 2 is 2.00 bits per heavy atom. The highest BCUT2D eigenvalue weighted by molar-refractivity contribution is 5.93. The fourth-order valence-electron chi connectivity index (χ4n) is 2.40. The predicted octanol–water partition coefficient (Wildman–Crippen LogP) is 3.00. The normalized spacial score (nSPS) is 17.1. The second-order valence-corrected chi connectivity index (χ2v) is 4.79. The molecule has 0 spiro atoms. The third kappa shape index (κ3) is 1.44. The number of nitriles is 1. The molecule has 0 amide bonds. The van der Waals surface area contributed by atoms with Gasteiger partial charge in [-0.1, -0.05) is 18.2 Å². The molecule has 0 unspecified atom stereocenters. The maximum atomic E-state index is 8.71. The van der Waals surface area contributed by atoms with Gasteiger partial charge in [-0.3, -0.25) is 0 Å². The van der Waals surface area contributed by atoms with E-state index in [2.05, 4.69) is 55.7 Å². The zero-order valence-corrected chi connectivity index (χ0v) is 10.1. The van der Waals surface area contributed by atoms with E-state index in [-0.39, 0.29) is 5.41 Å². The molecule has 1 aromatic carbocycles. The van der Waals surface area contributed by atoms with Crippen molar-refractivity contribution in [3.8, 4) is 6.07 Å². The minimum atomic E-state index is 0.0893. The highest BCUT2D eigenvalue weighted by Gasteiger charge is 2.42. The Balaban J connectivity index is 2.52. The molecule has 0 saturated heterocycles. The number of benzene rings is 1. The molecule has 0 aliphatic carbocycles. The van der Waals surface area contributed by atoms with Gasteiger partial charge >= 0.3 is 0 Å². The Hall–Kier alpha value is -1.62. The fraction of sp³-hybridized carbons (Fsp3) is 0.429. The predicted molar refractivity (Wildman–Crippen MR) is 65.2 cm³/mol. The molecular formula is C14H17N2+. The van der Waals surface area contributed by atoms with Gasteiger partial charge in [-0.15, -0.1) is 0 Å². The molecule has 1 aliphatic heterocycles. The van der Waals surface area contributed by atoms with Crippen LogP contribution in [-0.2, 0) is 5.41 Å². The molecule has 2 rings (SSSR count). The van der Waals surface area contributed by atoms with Crippen LogP contribution in [0.15, 0.2) is 24.3 Å². The van der Waals surface area contributed by atoms with Gasteiger partial charge in [0, 0.05) is 18.6 Å². The lowest BCUT2D eigenvalue weighted by atomic mass is 9.82. The highest BCUT2D eigenvalue weighted by Crippen LogP contribution is 2.38. The number of fused-ring (bicyclic) bond motifs is 1. The van der Waals surface area contributed by atoms with Crippen LogP contribution in [0.5, 0.6) is 0 Å². The summed E-state index contributed by atoms with van der Waals surface area (Å²) in [4.78, 5) is 0. The SMILES string of the molecule is CC1=[N+](CCC#N)c2ccccc2C1(C)C. The first-order valence-electron chi connectivity index (χ1n) is 5.67. The Bertz CT molecular complexity index is 490. The van der Waals surface area contributed by atoms with Gasteiger partial charge in [-0.2, -0.15) is 9.84 Å². The molecule has 2 heteroatoms. The first-order chi connectivity index (χ1) is 7.59. The summed E-state index contributed by atoms with van der Waals surface area (Å²) < 4.78 is 2.28. The average Bonchev–Trinajstić information content (AvgIpc) is 2.47. The van der Waals surface area contributed by atoms with E-state index in [4.69, 9.17) is 5.26 Å². The highest BCUT2D eigenvalue weighted by atomic mass is 15.1. The van der Waals surface area contributed by atoms with E-state index in [9.17, 15) is 0 Å². The van der Waals surface area contributed by atoms with E-state index in [1.807, 2.05) is 0 Å². The standard InChI is InChI=1S/C14H17N2/c1-11-14(2,3)12-7-4-5-8-13(12)16(11)10-6-9-15/h4-5,7-8H,6,10H2,1-3H3/q+1. The molecule has 1 heterocycles. The van der Waals surface area contributed by atoms with Crippen LogP contribution < -0.4 is 0 Å². The summed E-state index contributed by atoms with van der Waals surface area (Å²) in [6.07, 6.45) is 0.571. The molecular weight excluding hydrogens is 196 g/mol. The van der Waals surface area contributed by atoms with E-state index < -0.39 is 0 Å². The summed E-state index contributed by atoms with van der Waals surface area (Å²) >= 11 is 0. The number of rotatable bonds is 2. The van der Waals surface area contributed by atoms with Crippen molar-refractivity contribution in [2.75, 3.05) is 6.54 Å². The summed E-state index contributed by atoms with van der Waals surface area (Å²) in [7, 11) is 0. The lowest BCUT2D eigenvalue weighted by Crippen LogP contribution is -2.26. The second kappa shape index (κ2) is 3.75. The first-order valence-corrected chi connectivity index (χ1v) is 5.67. The van der Waals surface area contributed by atoms with Crippen molar-refractivity contribution in [2.45, 2.75) is 32.6 Å². The zero-order valence-electron chi connectivity index (χ0n) is 10.1. The summed E-state index contributed by atoms with van der Waals surface area (Å²) in [5.74, 6) is 0. The molecule has 0 fully saturated rings. The van der Waals surface area contributed by atoms with Crippen LogP contribution in [0, 0.1) is 11.3 Å². The summed E-state index contributed by atoms with van der Waals surface area (Å²) in [6.45, 7) is 7.45. The van der Waals surface area contributed by atoms with E-state index in [0.29, 0.717) is 6.42 Å². The lowest BCUT2D eigenvalue weighted by molar-refractivity contribution is -0.437. The summed E-state index contributed by atoms with van der Waals surface area (Å²) in [5, 5.41) is 8.71. The second-order valence-electron chi connectivity index (χ2n) is 4.79. The van der Waals surface area contributed by atoms with Gasteiger partial charge in [0.15, 0.2) is 12.3 Å². The number of hydrogen-bond acceptors (Lipinski definition) is 1. The third-order valence-corrected chi connectivity index (χ3v) is 3.62. The minimum Gasteiger partial charge on any atom is -0.198 e. The molecule has 0 bridgehead atoms. The average molecular weight is 213 g/mol. The first kappa shape index (κ1) is 10.9. The van der Waals surface area contributed by atoms with Crippen LogP contribution in [0.25, 0.3) is 0 Å². The van der Waals surface area contributed by atoms with Crippen molar-refractivity contribution >= 4 is 11.4 Å². The van der Waals surface area contributed by atoms with Crippen molar-refractivity contribution in [3.05, 3.63) is 29.8 Å². The van der Waals surface area contributed by atoms with Gasteiger partial charge in [-0.25, -0.2) is 0 Å². The maximum Gasteiger partial charge on any atom is 0.209 e. The number of hydrogen-bond donors (Lipinski definition) is 0.